The number of allylic oxidation sites excluding steroid dienone is 1. The molecule has 0 unspecified atom stereocenters. The molecule has 0 aliphatic rings. The van der Waals surface area contributed by atoms with Gasteiger partial charge in [0.05, 0.1) is 37.5 Å². The molecule has 0 atom stereocenters. The van der Waals surface area contributed by atoms with Crippen LogP contribution in [0.4, 0.5) is 0 Å². The molecule has 0 rings (SSSR count). The minimum absolute atomic E-state index is 0.195. The Hall–Kier alpha value is -1.83. The number of nitriles is 1. The lowest BCUT2D eigenvalue weighted by Crippen LogP contribution is -2.26. The molecule has 0 aliphatic carbocycles. The molecule has 0 aliphatic heterocycles. The third-order valence-electron chi connectivity index (χ3n) is 2.14. The van der Waals surface area contributed by atoms with Crippen molar-refractivity contribution in [3.05, 3.63) is 12.7 Å². The van der Waals surface area contributed by atoms with Crippen LogP contribution in [0.5, 0.6) is 0 Å². The Morgan fingerprint density at radius 2 is 1.65 bits per heavy atom. The molecule has 5 heteroatoms. The van der Waals surface area contributed by atoms with Crippen molar-refractivity contribution in [1.29, 1.82) is 5.26 Å². The van der Waals surface area contributed by atoms with Crippen LogP contribution in [-0.4, -0.2) is 25.2 Å². The molecule has 5 nitrogen and oxygen atoms in total. The Morgan fingerprint density at radius 1 is 1.24 bits per heavy atom. The zero-order valence-electron chi connectivity index (χ0n) is 10.2. The first-order valence-electron chi connectivity index (χ1n) is 5.39. The van der Waals surface area contributed by atoms with Crippen LogP contribution in [0.1, 0.15) is 26.7 Å². The fraction of sp³-hybridized carbons (Fsp3) is 0.583. The predicted octanol–water partition coefficient (Wildman–Crippen LogP) is 1.59. The van der Waals surface area contributed by atoms with E-state index in [0.29, 0.717) is 0 Å². The molecule has 0 spiro atoms. The van der Waals surface area contributed by atoms with Crippen LogP contribution >= 0.6 is 0 Å². The number of esters is 2. The van der Waals surface area contributed by atoms with E-state index in [1.807, 2.05) is 6.07 Å². The van der Waals surface area contributed by atoms with Gasteiger partial charge in [0.25, 0.3) is 0 Å². The Morgan fingerprint density at radius 3 is 1.88 bits per heavy atom. The first-order chi connectivity index (χ1) is 8.03. The van der Waals surface area contributed by atoms with Gasteiger partial charge in [-0.25, -0.2) is 0 Å². The van der Waals surface area contributed by atoms with Gasteiger partial charge in [-0.3, -0.25) is 9.59 Å². The van der Waals surface area contributed by atoms with E-state index in [-0.39, 0.29) is 26.1 Å². The van der Waals surface area contributed by atoms with Gasteiger partial charge in [0.1, 0.15) is 0 Å². The topological polar surface area (TPSA) is 76.4 Å². The highest BCUT2D eigenvalue weighted by atomic mass is 16.5. The number of rotatable bonds is 7. The van der Waals surface area contributed by atoms with E-state index in [0.717, 1.165) is 0 Å². The molecule has 0 fully saturated rings. The van der Waals surface area contributed by atoms with Gasteiger partial charge in [0, 0.05) is 0 Å². The van der Waals surface area contributed by atoms with E-state index in [4.69, 9.17) is 14.7 Å². The van der Waals surface area contributed by atoms with Crippen LogP contribution in [-0.2, 0) is 19.1 Å². The number of ether oxygens (including phenoxy) is 2. The number of nitrogens with zero attached hydrogens (tertiary/aromatic N) is 1. The van der Waals surface area contributed by atoms with E-state index in [2.05, 4.69) is 6.58 Å². The van der Waals surface area contributed by atoms with Gasteiger partial charge in [-0.05, 0) is 13.8 Å². The second-order valence-electron chi connectivity index (χ2n) is 3.44. The SMILES string of the molecule is C=CC(C#N)(CC(=O)OCC)CC(=O)OCC. The summed E-state index contributed by atoms with van der Waals surface area (Å²) in [5.74, 6) is -1.06. The average molecular weight is 239 g/mol. The zero-order chi connectivity index (χ0) is 13.3. The summed E-state index contributed by atoms with van der Waals surface area (Å²) in [5, 5.41) is 9.07. The molecule has 0 radical (unpaired) electrons. The summed E-state index contributed by atoms with van der Waals surface area (Å²) >= 11 is 0. The van der Waals surface area contributed by atoms with Gasteiger partial charge in [-0.15, -0.1) is 6.58 Å². The Kier molecular flexibility index (Phi) is 6.64. The number of carbonyl (C=O) groups is 2. The smallest absolute Gasteiger partial charge is 0.307 e. The van der Waals surface area contributed by atoms with Crippen LogP contribution in [0, 0.1) is 16.7 Å². The molecule has 0 bridgehead atoms. The van der Waals surface area contributed by atoms with E-state index in [1.54, 1.807) is 13.8 Å². The molecule has 0 saturated carbocycles. The maximum absolute atomic E-state index is 11.3. The Balaban J connectivity index is 4.68. The molecule has 0 aromatic heterocycles. The quantitative estimate of drug-likeness (QED) is 0.498. The molecule has 94 valence electrons. The third-order valence-corrected chi connectivity index (χ3v) is 2.14. The maximum Gasteiger partial charge on any atom is 0.307 e. The molecule has 0 aromatic carbocycles. The normalized spacial score (nSPS) is 10.2. The van der Waals surface area contributed by atoms with Gasteiger partial charge in [0.15, 0.2) is 0 Å². The summed E-state index contributed by atoms with van der Waals surface area (Å²) in [4.78, 5) is 22.7. The van der Waals surface area contributed by atoms with Gasteiger partial charge < -0.3 is 9.47 Å². The summed E-state index contributed by atoms with van der Waals surface area (Å²) in [7, 11) is 0. The predicted molar refractivity (Wildman–Crippen MR) is 60.7 cm³/mol. The van der Waals surface area contributed by atoms with Gasteiger partial charge in [-0.2, -0.15) is 5.26 Å². The standard InChI is InChI=1S/C12H17NO4/c1-4-12(9-13,7-10(14)16-5-2)8-11(15)17-6-3/h4H,1,5-8H2,2-3H3. The van der Waals surface area contributed by atoms with Crippen LogP contribution in [0.3, 0.4) is 0 Å². The fourth-order valence-electron chi connectivity index (χ4n) is 1.27. The number of carbonyl (C=O) groups excluding carboxylic acids is 2. The molecule has 0 aromatic rings. The second-order valence-corrected chi connectivity index (χ2v) is 3.44. The molecule has 0 N–H and O–H groups in total. The van der Waals surface area contributed by atoms with Gasteiger partial charge >= 0.3 is 11.9 Å². The highest BCUT2D eigenvalue weighted by Crippen LogP contribution is 2.28. The average Bonchev–Trinajstić information content (AvgIpc) is 2.28. The Labute approximate surface area is 101 Å². The lowest BCUT2D eigenvalue weighted by atomic mass is 9.83. The van der Waals surface area contributed by atoms with Crippen LogP contribution < -0.4 is 0 Å². The van der Waals surface area contributed by atoms with Crippen LogP contribution in [0.25, 0.3) is 0 Å². The van der Waals surface area contributed by atoms with E-state index < -0.39 is 17.4 Å². The van der Waals surface area contributed by atoms with E-state index >= 15 is 0 Å². The minimum atomic E-state index is -1.25. The van der Waals surface area contributed by atoms with Crippen molar-refractivity contribution in [3.8, 4) is 6.07 Å². The fourth-order valence-corrected chi connectivity index (χ4v) is 1.27. The lowest BCUT2D eigenvalue weighted by molar-refractivity contribution is -0.147. The zero-order valence-corrected chi connectivity index (χ0v) is 10.2. The second kappa shape index (κ2) is 7.44. The highest BCUT2D eigenvalue weighted by molar-refractivity contribution is 5.76. The van der Waals surface area contributed by atoms with Crippen molar-refractivity contribution in [2.24, 2.45) is 5.41 Å². The first kappa shape index (κ1) is 15.2. The molecular weight excluding hydrogens is 222 g/mol. The highest BCUT2D eigenvalue weighted by Gasteiger charge is 2.33. The number of hydrogen-bond acceptors (Lipinski definition) is 5. The van der Waals surface area contributed by atoms with Crippen molar-refractivity contribution in [2.75, 3.05) is 13.2 Å². The maximum atomic E-state index is 11.3. The molecule has 0 saturated heterocycles. The Bertz CT molecular complexity index is 310. The largest absolute Gasteiger partial charge is 0.466 e. The first-order valence-corrected chi connectivity index (χ1v) is 5.39. The van der Waals surface area contributed by atoms with Crippen LogP contribution in [0.2, 0.25) is 0 Å². The molecular formula is C12H17NO4. The monoisotopic (exact) mass is 239 g/mol. The van der Waals surface area contributed by atoms with Gasteiger partial charge in [0.2, 0.25) is 0 Å². The third kappa shape index (κ3) is 5.16. The number of hydrogen-bond donors (Lipinski definition) is 0. The molecule has 0 heterocycles. The van der Waals surface area contributed by atoms with Crippen molar-refractivity contribution >= 4 is 11.9 Å². The van der Waals surface area contributed by atoms with Crippen molar-refractivity contribution in [3.63, 3.8) is 0 Å². The van der Waals surface area contributed by atoms with Gasteiger partial charge in [-0.1, -0.05) is 6.08 Å². The van der Waals surface area contributed by atoms with Crippen LogP contribution in [0.15, 0.2) is 12.7 Å². The minimum Gasteiger partial charge on any atom is -0.466 e. The summed E-state index contributed by atoms with van der Waals surface area (Å²) in [6.07, 6.45) is 0.903. The summed E-state index contributed by atoms with van der Waals surface area (Å²) in [6.45, 7) is 7.30. The summed E-state index contributed by atoms with van der Waals surface area (Å²) in [5.41, 5.74) is -1.25. The lowest BCUT2D eigenvalue weighted by Gasteiger charge is -2.20. The van der Waals surface area contributed by atoms with Crippen molar-refractivity contribution in [2.45, 2.75) is 26.7 Å². The van der Waals surface area contributed by atoms with E-state index in [1.165, 1.54) is 6.08 Å². The summed E-state index contributed by atoms with van der Waals surface area (Å²) in [6, 6.07) is 1.92. The molecule has 0 amide bonds. The van der Waals surface area contributed by atoms with Crippen molar-refractivity contribution < 1.29 is 19.1 Å². The molecule has 17 heavy (non-hydrogen) atoms. The van der Waals surface area contributed by atoms with Crippen molar-refractivity contribution in [1.82, 2.24) is 0 Å². The summed E-state index contributed by atoms with van der Waals surface area (Å²) < 4.78 is 9.51. The van der Waals surface area contributed by atoms with E-state index in [9.17, 15) is 9.59 Å².